The van der Waals surface area contributed by atoms with Crippen molar-refractivity contribution in [2.75, 3.05) is 5.32 Å². The standard InChI is InChI=1S/C24H23N7O3/c25-24(33)34-15-18-13-26-10-9-20(18)22-29-21(30-31-22)14-27-19-8-4-7-17(11-19)23(32)28-12-16-5-2-1-3-6-16/h1-11,13,27H,12,14-15H2,(H2,25,33)(H,28,32)(H,29,30,31). The van der Waals surface area contributed by atoms with Gasteiger partial charge in [0.25, 0.3) is 5.91 Å². The van der Waals surface area contributed by atoms with Gasteiger partial charge in [0, 0.05) is 41.3 Å². The van der Waals surface area contributed by atoms with E-state index in [-0.39, 0.29) is 12.5 Å². The molecule has 4 rings (SSSR count). The quantitative estimate of drug-likeness (QED) is 0.302. The highest BCUT2D eigenvalue weighted by atomic mass is 16.5. The highest BCUT2D eigenvalue weighted by molar-refractivity contribution is 5.95. The van der Waals surface area contributed by atoms with E-state index in [2.05, 4.69) is 30.8 Å². The van der Waals surface area contributed by atoms with E-state index >= 15 is 0 Å². The van der Waals surface area contributed by atoms with Crippen molar-refractivity contribution in [3.63, 3.8) is 0 Å². The predicted molar refractivity (Wildman–Crippen MR) is 125 cm³/mol. The van der Waals surface area contributed by atoms with E-state index in [1.54, 1.807) is 30.6 Å². The minimum Gasteiger partial charge on any atom is -0.445 e. The molecule has 172 valence electrons. The summed E-state index contributed by atoms with van der Waals surface area (Å²) in [5.74, 6) is 0.877. The highest BCUT2D eigenvalue weighted by Crippen LogP contribution is 2.20. The number of rotatable bonds is 9. The number of H-pyrrole nitrogens is 1. The Bertz CT molecular complexity index is 1270. The van der Waals surface area contributed by atoms with Crippen molar-refractivity contribution in [3.05, 3.63) is 95.6 Å². The molecule has 0 saturated carbocycles. The molecular weight excluding hydrogens is 434 g/mol. The first kappa shape index (κ1) is 22.5. The Kier molecular flexibility index (Phi) is 7.09. The molecule has 10 heteroatoms. The number of aromatic nitrogens is 4. The lowest BCUT2D eigenvalue weighted by Gasteiger charge is -2.08. The summed E-state index contributed by atoms with van der Waals surface area (Å²) in [4.78, 5) is 32.0. The Morgan fingerprint density at radius 1 is 1.03 bits per heavy atom. The van der Waals surface area contributed by atoms with Crippen LogP contribution >= 0.6 is 0 Å². The number of anilines is 1. The maximum Gasteiger partial charge on any atom is 0.404 e. The van der Waals surface area contributed by atoms with Gasteiger partial charge in [-0.2, -0.15) is 5.10 Å². The predicted octanol–water partition coefficient (Wildman–Crippen LogP) is 3.00. The number of benzene rings is 2. The third kappa shape index (κ3) is 5.94. The molecule has 0 unspecified atom stereocenters. The van der Waals surface area contributed by atoms with Gasteiger partial charge in [0.15, 0.2) is 5.82 Å². The summed E-state index contributed by atoms with van der Waals surface area (Å²) >= 11 is 0. The van der Waals surface area contributed by atoms with E-state index in [9.17, 15) is 9.59 Å². The van der Waals surface area contributed by atoms with Crippen molar-refractivity contribution in [1.82, 2.24) is 25.5 Å². The van der Waals surface area contributed by atoms with Gasteiger partial charge in [-0.25, -0.2) is 9.78 Å². The number of carbonyl (C=O) groups excluding carboxylic acids is 2. The highest BCUT2D eigenvalue weighted by Gasteiger charge is 2.12. The summed E-state index contributed by atoms with van der Waals surface area (Å²) in [5, 5.41) is 13.3. The molecule has 0 aliphatic heterocycles. The molecule has 0 fully saturated rings. The molecule has 4 aromatic rings. The fourth-order valence-electron chi connectivity index (χ4n) is 3.24. The molecule has 34 heavy (non-hydrogen) atoms. The SMILES string of the molecule is NC(=O)OCc1cnccc1-c1n[nH]c(CNc2cccc(C(=O)NCc3ccccc3)c2)n1. The molecule has 10 nitrogen and oxygen atoms in total. The van der Waals surface area contributed by atoms with Crippen molar-refractivity contribution in [2.45, 2.75) is 19.7 Å². The number of pyridine rings is 1. The van der Waals surface area contributed by atoms with E-state index in [1.165, 1.54) is 0 Å². The Morgan fingerprint density at radius 3 is 2.71 bits per heavy atom. The van der Waals surface area contributed by atoms with Gasteiger partial charge in [-0.15, -0.1) is 0 Å². The van der Waals surface area contributed by atoms with Crippen molar-refractivity contribution in [3.8, 4) is 11.4 Å². The molecule has 0 spiro atoms. The number of nitrogens with two attached hydrogens (primary N) is 1. The zero-order valence-electron chi connectivity index (χ0n) is 18.2. The van der Waals surface area contributed by atoms with Crippen LogP contribution in [0.3, 0.4) is 0 Å². The largest absolute Gasteiger partial charge is 0.445 e. The number of hydrogen-bond donors (Lipinski definition) is 4. The molecule has 0 atom stereocenters. The van der Waals surface area contributed by atoms with Gasteiger partial charge in [0.05, 0.1) is 6.54 Å². The zero-order chi connectivity index (χ0) is 23.8. The number of primary amides is 1. The molecule has 2 amide bonds. The van der Waals surface area contributed by atoms with Crippen molar-refractivity contribution >= 4 is 17.7 Å². The molecule has 0 aliphatic rings. The van der Waals surface area contributed by atoms with Gasteiger partial charge in [0.1, 0.15) is 12.4 Å². The third-order valence-electron chi connectivity index (χ3n) is 4.93. The van der Waals surface area contributed by atoms with E-state index in [1.807, 2.05) is 42.5 Å². The first-order valence-corrected chi connectivity index (χ1v) is 10.5. The second-order valence-corrected chi connectivity index (χ2v) is 7.35. The summed E-state index contributed by atoms with van der Waals surface area (Å²) in [6.45, 7) is 0.791. The molecular formula is C24H23N7O3. The monoisotopic (exact) mass is 457 g/mol. The molecule has 2 aromatic heterocycles. The molecule has 0 radical (unpaired) electrons. The van der Waals surface area contributed by atoms with Crippen LogP contribution in [0.15, 0.2) is 73.1 Å². The van der Waals surface area contributed by atoms with Gasteiger partial charge < -0.3 is 21.1 Å². The number of nitrogens with one attached hydrogen (secondary N) is 3. The second-order valence-electron chi connectivity index (χ2n) is 7.35. The van der Waals surface area contributed by atoms with E-state index in [0.29, 0.717) is 41.4 Å². The lowest BCUT2D eigenvalue weighted by atomic mass is 10.1. The average molecular weight is 457 g/mol. The van der Waals surface area contributed by atoms with Gasteiger partial charge in [-0.3, -0.25) is 14.9 Å². The first-order chi connectivity index (χ1) is 16.6. The lowest BCUT2D eigenvalue weighted by Crippen LogP contribution is -2.22. The average Bonchev–Trinajstić information content (AvgIpc) is 3.34. The summed E-state index contributed by atoms with van der Waals surface area (Å²) in [6.07, 6.45) is 2.30. The minimum absolute atomic E-state index is 0.0280. The molecule has 5 N–H and O–H groups in total. The van der Waals surface area contributed by atoms with Crippen LogP contribution in [0.25, 0.3) is 11.4 Å². The summed E-state index contributed by atoms with van der Waals surface area (Å²) < 4.78 is 4.86. The third-order valence-corrected chi connectivity index (χ3v) is 4.93. The molecule has 2 heterocycles. The zero-order valence-corrected chi connectivity index (χ0v) is 18.2. The summed E-state index contributed by atoms with van der Waals surface area (Å²) in [6, 6.07) is 18.7. The Morgan fingerprint density at radius 2 is 1.88 bits per heavy atom. The minimum atomic E-state index is -0.870. The fraction of sp³-hybridized carbons (Fsp3) is 0.125. The number of aromatic amines is 1. The van der Waals surface area contributed by atoms with Crippen LogP contribution in [-0.4, -0.2) is 32.2 Å². The van der Waals surface area contributed by atoms with E-state index in [4.69, 9.17) is 10.5 Å². The summed E-state index contributed by atoms with van der Waals surface area (Å²) in [7, 11) is 0. The molecule has 2 aromatic carbocycles. The number of amides is 2. The van der Waals surface area contributed by atoms with Gasteiger partial charge >= 0.3 is 6.09 Å². The number of nitrogens with zero attached hydrogens (tertiary/aromatic N) is 3. The van der Waals surface area contributed by atoms with Gasteiger partial charge in [-0.1, -0.05) is 36.4 Å². The number of hydrogen-bond acceptors (Lipinski definition) is 7. The second kappa shape index (κ2) is 10.7. The smallest absolute Gasteiger partial charge is 0.404 e. The Labute approximate surface area is 195 Å². The van der Waals surface area contributed by atoms with Crippen LogP contribution in [0.5, 0.6) is 0 Å². The molecule has 0 aliphatic carbocycles. The molecule has 0 saturated heterocycles. The molecule has 0 bridgehead atoms. The van der Waals surface area contributed by atoms with Crippen LogP contribution < -0.4 is 16.4 Å². The maximum atomic E-state index is 12.5. The maximum absolute atomic E-state index is 12.5. The van der Waals surface area contributed by atoms with Crippen LogP contribution in [-0.2, 0) is 24.4 Å². The van der Waals surface area contributed by atoms with Crippen LogP contribution in [0, 0.1) is 0 Å². The first-order valence-electron chi connectivity index (χ1n) is 10.5. The van der Waals surface area contributed by atoms with E-state index < -0.39 is 6.09 Å². The Balaban J connectivity index is 1.37. The van der Waals surface area contributed by atoms with Crippen LogP contribution in [0.1, 0.15) is 27.3 Å². The fourth-order valence-corrected chi connectivity index (χ4v) is 3.24. The van der Waals surface area contributed by atoms with Gasteiger partial charge in [0.2, 0.25) is 0 Å². The normalized spacial score (nSPS) is 10.5. The number of carbonyl (C=O) groups is 2. The Hall–Kier alpha value is -4.73. The topological polar surface area (TPSA) is 148 Å². The lowest BCUT2D eigenvalue weighted by molar-refractivity contribution is 0.0951. The van der Waals surface area contributed by atoms with Crippen LogP contribution in [0.2, 0.25) is 0 Å². The van der Waals surface area contributed by atoms with Crippen molar-refractivity contribution < 1.29 is 14.3 Å². The summed E-state index contributed by atoms with van der Waals surface area (Å²) in [5.41, 5.74) is 8.71. The van der Waals surface area contributed by atoms with Crippen molar-refractivity contribution in [2.24, 2.45) is 5.73 Å². The van der Waals surface area contributed by atoms with Gasteiger partial charge in [-0.05, 0) is 29.8 Å². The number of ether oxygens (including phenoxy) is 1. The van der Waals surface area contributed by atoms with Crippen molar-refractivity contribution in [1.29, 1.82) is 0 Å². The van der Waals surface area contributed by atoms with E-state index in [0.717, 1.165) is 11.3 Å². The van der Waals surface area contributed by atoms with Crippen LogP contribution in [0.4, 0.5) is 10.5 Å².